The normalized spacial score (nSPS) is 28.5. The number of hydrogen-bond donors (Lipinski definition) is 3. The molecule has 16 heteroatoms. The van der Waals surface area contributed by atoms with Crippen LogP contribution in [0.15, 0.2) is 65.5 Å². The second-order valence-corrected chi connectivity index (χ2v) is 19.5. The third-order valence-electron chi connectivity index (χ3n) is 12.6. The number of benzene rings is 2. The number of allylic oxidation sites excluding steroid dienone is 1. The first kappa shape index (κ1) is 41.9. The number of aryl methyl sites for hydroxylation is 1. The number of anilines is 1. The number of hydrogen-bond acceptors (Lipinski definition) is 10. The number of rotatable bonds is 9. The van der Waals surface area contributed by atoms with Gasteiger partial charge >= 0.3 is 0 Å². The number of carbonyl (C=O) groups is 4. The van der Waals surface area contributed by atoms with E-state index in [0.29, 0.717) is 42.0 Å². The third-order valence-corrected chi connectivity index (χ3v) is 14.8. The van der Waals surface area contributed by atoms with E-state index in [0.717, 1.165) is 12.1 Å². The van der Waals surface area contributed by atoms with E-state index in [1.165, 1.54) is 9.58 Å². The monoisotopic (exact) mass is 829 g/mol. The Hall–Kier alpha value is -5.25. The number of sulfonamides is 1. The minimum atomic E-state index is -4.02. The van der Waals surface area contributed by atoms with Gasteiger partial charge in [0, 0.05) is 44.2 Å². The Bertz CT molecular complexity index is 2340. The topological polar surface area (TPSA) is 189 Å². The molecule has 2 aromatic carbocycles. The molecule has 7 rings (SSSR count). The average molecular weight is 830 g/mol. The van der Waals surface area contributed by atoms with Crippen LogP contribution >= 0.6 is 0 Å². The number of nitrogens with zero attached hydrogens (tertiary/aromatic N) is 4. The summed E-state index contributed by atoms with van der Waals surface area (Å²) in [6, 6.07) is 11.8. The van der Waals surface area contributed by atoms with Gasteiger partial charge in [-0.25, -0.2) is 13.1 Å². The first-order valence-corrected chi connectivity index (χ1v) is 22.1. The zero-order chi connectivity index (χ0) is 42.4. The highest BCUT2D eigenvalue weighted by Crippen LogP contribution is 2.47. The summed E-state index contributed by atoms with van der Waals surface area (Å²) in [4.78, 5) is 74.0. The van der Waals surface area contributed by atoms with E-state index in [1.54, 1.807) is 50.2 Å². The van der Waals surface area contributed by atoms with E-state index in [-0.39, 0.29) is 49.2 Å². The highest BCUT2D eigenvalue weighted by molar-refractivity contribution is 7.91. The molecule has 7 atom stereocenters. The molecule has 1 saturated heterocycles. The van der Waals surface area contributed by atoms with Crippen molar-refractivity contribution in [1.82, 2.24) is 30.0 Å². The molecule has 3 aromatic rings. The van der Waals surface area contributed by atoms with Crippen molar-refractivity contribution in [2.75, 3.05) is 25.5 Å². The molecular formula is C43H55N7O8S. The summed E-state index contributed by atoms with van der Waals surface area (Å²) in [6.07, 6.45) is 6.08. The Morgan fingerprint density at radius 2 is 1.71 bits per heavy atom. The molecule has 0 spiro atoms. The SMILES string of the molecule is CCn1nc(O[C@@H]2C[C@H]3C(=O)N[C@]4(C(=O)NS(=O)(=O)C5(C)CC5)C[C@H]4/C=C\CC[C@@H](C)C[C@@H](C)[C@H](NC(=O)c4ccc(N(C)C)cc4)C(=O)N3C2)c2ccccc2c1=O. The number of nitrogens with one attached hydrogen (secondary N) is 3. The smallest absolute Gasteiger partial charge is 0.274 e. The predicted octanol–water partition coefficient (Wildman–Crippen LogP) is 3.52. The van der Waals surface area contributed by atoms with E-state index >= 15 is 4.79 Å². The van der Waals surface area contributed by atoms with Crippen LogP contribution in [0.5, 0.6) is 5.88 Å². The maximum Gasteiger partial charge on any atom is 0.274 e. The fourth-order valence-electron chi connectivity index (χ4n) is 8.40. The molecule has 2 aliphatic heterocycles. The minimum absolute atomic E-state index is 0.00907. The Balaban J connectivity index is 1.25. The van der Waals surface area contributed by atoms with Gasteiger partial charge in [0.2, 0.25) is 27.7 Å². The lowest BCUT2D eigenvalue weighted by atomic mass is 9.87. The van der Waals surface area contributed by atoms with Gasteiger partial charge < -0.3 is 25.2 Å². The molecule has 316 valence electrons. The van der Waals surface area contributed by atoms with Crippen LogP contribution in [-0.2, 0) is 31.0 Å². The van der Waals surface area contributed by atoms with Crippen molar-refractivity contribution in [3.05, 3.63) is 76.6 Å². The molecule has 15 nitrogen and oxygen atoms in total. The molecule has 3 fully saturated rings. The van der Waals surface area contributed by atoms with Crippen molar-refractivity contribution in [3.63, 3.8) is 0 Å². The fraction of sp³-hybridized carbons (Fsp3) is 0.535. The van der Waals surface area contributed by atoms with Gasteiger partial charge in [0.1, 0.15) is 23.7 Å². The third kappa shape index (κ3) is 8.32. The Kier molecular flexibility index (Phi) is 11.4. The van der Waals surface area contributed by atoms with Crippen molar-refractivity contribution >= 4 is 50.1 Å². The summed E-state index contributed by atoms with van der Waals surface area (Å²) >= 11 is 0. The van der Waals surface area contributed by atoms with Crippen LogP contribution in [0.1, 0.15) is 83.0 Å². The molecule has 3 N–H and O–H groups in total. The Labute approximate surface area is 345 Å². The van der Waals surface area contributed by atoms with Crippen LogP contribution < -0.4 is 30.6 Å². The maximum absolute atomic E-state index is 15.0. The van der Waals surface area contributed by atoms with Crippen LogP contribution in [0.25, 0.3) is 10.8 Å². The summed E-state index contributed by atoms with van der Waals surface area (Å²) < 4.78 is 35.5. The number of fused-ring (bicyclic) bond motifs is 3. The molecule has 0 unspecified atom stereocenters. The van der Waals surface area contributed by atoms with E-state index in [1.807, 2.05) is 50.2 Å². The second kappa shape index (κ2) is 16.1. The lowest BCUT2D eigenvalue weighted by Crippen LogP contribution is -2.59. The second-order valence-electron chi connectivity index (χ2n) is 17.3. The molecule has 2 aliphatic carbocycles. The van der Waals surface area contributed by atoms with Crippen molar-refractivity contribution in [3.8, 4) is 5.88 Å². The molecule has 2 saturated carbocycles. The van der Waals surface area contributed by atoms with Gasteiger partial charge in [0.25, 0.3) is 17.4 Å². The van der Waals surface area contributed by atoms with Crippen molar-refractivity contribution in [1.29, 1.82) is 0 Å². The van der Waals surface area contributed by atoms with Gasteiger partial charge in [-0.05, 0) is 101 Å². The van der Waals surface area contributed by atoms with Gasteiger partial charge in [0.05, 0.1) is 22.1 Å². The Morgan fingerprint density at radius 1 is 1.02 bits per heavy atom. The first-order valence-electron chi connectivity index (χ1n) is 20.6. The fourth-order valence-corrected chi connectivity index (χ4v) is 9.71. The van der Waals surface area contributed by atoms with Crippen LogP contribution in [0.3, 0.4) is 0 Å². The van der Waals surface area contributed by atoms with E-state index in [2.05, 4.69) is 27.4 Å². The van der Waals surface area contributed by atoms with E-state index < -0.39 is 68.0 Å². The van der Waals surface area contributed by atoms with Gasteiger partial charge in [-0.3, -0.25) is 28.7 Å². The van der Waals surface area contributed by atoms with Gasteiger partial charge in [-0.15, -0.1) is 5.10 Å². The first-order chi connectivity index (χ1) is 28.0. The summed E-state index contributed by atoms with van der Waals surface area (Å²) in [5.74, 6) is -2.91. The zero-order valence-corrected chi connectivity index (χ0v) is 35.4. The molecule has 59 heavy (non-hydrogen) atoms. The van der Waals surface area contributed by atoms with Crippen LogP contribution in [0.4, 0.5) is 5.69 Å². The summed E-state index contributed by atoms with van der Waals surface area (Å²) in [6.45, 7) is 7.59. The number of ether oxygens (including phenoxy) is 1. The van der Waals surface area contributed by atoms with Crippen molar-refractivity contribution in [2.45, 2.75) is 108 Å². The van der Waals surface area contributed by atoms with Gasteiger partial charge in [-0.1, -0.05) is 38.1 Å². The van der Waals surface area contributed by atoms with Crippen molar-refractivity contribution < 1.29 is 32.3 Å². The van der Waals surface area contributed by atoms with Crippen molar-refractivity contribution in [2.24, 2.45) is 17.8 Å². The summed E-state index contributed by atoms with van der Waals surface area (Å²) in [5, 5.41) is 11.3. The van der Waals surface area contributed by atoms with Gasteiger partial charge in [-0.2, -0.15) is 0 Å². The van der Waals surface area contributed by atoms with Gasteiger partial charge in [0.15, 0.2) is 0 Å². The van der Waals surface area contributed by atoms with Crippen LogP contribution in [-0.4, -0.2) is 95.8 Å². The van der Waals surface area contributed by atoms with Crippen LogP contribution in [0, 0.1) is 17.8 Å². The van der Waals surface area contributed by atoms with Crippen LogP contribution in [0.2, 0.25) is 0 Å². The molecule has 1 aromatic heterocycles. The molecule has 4 amide bonds. The van der Waals surface area contributed by atoms with E-state index in [9.17, 15) is 27.6 Å². The number of aromatic nitrogens is 2. The summed E-state index contributed by atoms with van der Waals surface area (Å²) in [5.41, 5.74) is -0.565. The standard InChI is InChI=1S/C43H55N7O8S/c1-7-50-39(53)33-15-11-10-14-32(33)38(46-50)58-31-23-34-37(52)45-43(41(55)47-59(56,57)42(4)20-21-42)24-29(43)13-9-8-12-26(2)22-27(3)35(40(54)49(34)25-31)44-36(51)28-16-18-30(19-17-28)48(5)6/h9-11,13-19,26-27,29,31,34-35H,7-8,12,20-25H2,1-6H3,(H,44,51)(H,45,52)(H,47,55)/b13-9-/t26-,27-,29-,31-,34+,35+,43-/m1/s1. The molecule has 3 heterocycles. The lowest BCUT2D eigenvalue weighted by Gasteiger charge is -2.33. The quantitative estimate of drug-likeness (QED) is 0.270. The van der Waals surface area contributed by atoms with E-state index in [4.69, 9.17) is 4.74 Å². The number of carbonyl (C=O) groups excluding carboxylic acids is 4. The zero-order valence-electron chi connectivity index (χ0n) is 34.6. The molecule has 0 radical (unpaired) electrons. The molecule has 0 bridgehead atoms. The molecule has 4 aliphatic rings. The molecular weight excluding hydrogens is 775 g/mol. The largest absolute Gasteiger partial charge is 0.471 e. The lowest BCUT2D eigenvalue weighted by molar-refractivity contribution is -0.142. The minimum Gasteiger partial charge on any atom is -0.471 e. The maximum atomic E-state index is 15.0. The summed E-state index contributed by atoms with van der Waals surface area (Å²) in [7, 11) is -0.224. The Morgan fingerprint density at radius 3 is 2.37 bits per heavy atom. The number of amides is 4. The highest BCUT2D eigenvalue weighted by atomic mass is 32.2. The average Bonchev–Trinajstić information content (AvgIpc) is 4.09. The highest BCUT2D eigenvalue weighted by Gasteiger charge is 2.63. The predicted molar refractivity (Wildman–Crippen MR) is 223 cm³/mol.